The Morgan fingerprint density at radius 3 is 2.46 bits per heavy atom. The number of carbonyl (C=O) groups excluding carboxylic acids is 2. The molecule has 6 nitrogen and oxygen atoms in total. The first-order valence-corrected chi connectivity index (χ1v) is 8.34. The van der Waals surface area contributed by atoms with Crippen LogP contribution in [0, 0.1) is 5.41 Å². The number of para-hydroxylation sites is 1. The highest BCUT2D eigenvalue weighted by atomic mass is 16.5. The predicted octanol–water partition coefficient (Wildman–Crippen LogP) is 1.12. The Hall–Kier alpha value is -1.92. The number of amides is 2. The van der Waals surface area contributed by atoms with Crippen LogP contribution < -0.4 is 10.2 Å². The highest BCUT2D eigenvalue weighted by Gasteiger charge is 2.38. The number of carbonyl (C=O) groups is 2. The van der Waals surface area contributed by atoms with Crippen molar-refractivity contribution in [3.63, 3.8) is 0 Å². The Balaban J connectivity index is 1.87. The molecule has 1 fully saturated rings. The van der Waals surface area contributed by atoms with Crippen LogP contribution in [0.3, 0.4) is 0 Å². The number of rotatable bonds is 6. The molecule has 24 heavy (non-hydrogen) atoms. The van der Waals surface area contributed by atoms with Gasteiger partial charge in [-0.2, -0.15) is 0 Å². The molecule has 2 rings (SSSR count). The number of hydrogen-bond donors (Lipinski definition) is 1. The van der Waals surface area contributed by atoms with Crippen LogP contribution in [-0.2, 0) is 14.3 Å². The third-order valence-electron chi connectivity index (χ3n) is 4.37. The maximum absolute atomic E-state index is 12.7. The number of hydrogen-bond acceptors (Lipinski definition) is 4. The van der Waals surface area contributed by atoms with Gasteiger partial charge in [-0.15, -0.1) is 0 Å². The van der Waals surface area contributed by atoms with Crippen LogP contribution in [0.15, 0.2) is 30.3 Å². The lowest BCUT2D eigenvalue weighted by Crippen LogP contribution is -2.50. The summed E-state index contributed by atoms with van der Waals surface area (Å²) in [6.45, 7) is 7.87. The van der Waals surface area contributed by atoms with Crippen LogP contribution >= 0.6 is 0 Å². The summed E-state index contributed by atoms with van der Waals surface area (Å²) in [6.07, 6.45) is 0. The molecule has 1 N–H and O–H groups in total. The van der Waals surface area contributed by atoms with Gasteiger partial charge < -0.3 is 15.0 Å². The molecule has 1 aliphatic heterocycles. The van der Waals surface area contributed by atoms with E-state index in [9.17, 15) is 9.59 Å². The molecule has 2 amide bonds. The summed E-state index contributed by atoms with van der Waals surface area (Å²) in [5.41, 5.74) is -0.341. The van der Waals surface area contributed by atoms with Crippen molar-refractivity contribution in [2.45, 2.75) is 13.8 Å². The van der Waals surface area contributed by atoms with Crippen molar-refractivity contribution in [2.24, 2.45) is 5.41 Å². The largest absolute Gasteiger partial charge is 0.379 e. The fraction of sp³-hybridized carbons (Fsp3) is 0.556. The second-order valence-electron chi connectivity index (χ2n) is 6.53. The van der Waals surface area contributed by atoms with Gasteiger partial charge in [0.15, 0.2) is 0 Å². The van der Waals surface area contributed by atoms with Gasteiger partial charge in [0.05, 0.1) is 13.2 Å². The lowest BCUT2D eigenvalue weighted by molar-refractivity contribution is -0.139. The van der Waals surface area contributed by atoms with Crippen molar-refractivity contribution >= 4 is 17.5 Å². The van der Waals surface area contributed by atoms with Crippen LogP contribution in [0.5, 0.6) is 0 Å². The molecule has 6 heteroatoms. The third kappa shape index (κ3) is 4.55. The number of anilines is 1. The second kappa shape index (κ2) is 8.26. The monoisotopic (exact) mass is 333 g/mol. The van der Waals surface area contributed by atoms with Crippen LogP contribution in [0.25, 0.3) is 0 Å². The normalized spacial score (nSPS) is 15.8. The zero-order valence-electron chi connectivity index (χ0n) is 14.7. The predicted molar refractivity (Wildman–Crippen MR) is 93.9 cm³/mol. The first-order chi connectivity index (χ1) is 11.4. The second-order valence-corrected chi connectivity index (χ2v) is 6.53. The maximum Gasteiger partial charge on any atom is 0.241 e. The standard InChI is InChI=1S/C18H27N3O3/c1-18(2,17(23)20(3)15-7-5-4-6-8-15)16(22)19-9-10-21-11-13-24-14-12-21/h4-8H,9-14H2,1-3H3,(H,19,22). The molecule has 1 heterocycles. The fourth-order valence-corrected chi connectivity index (χ4v) is 2.66. The van der Waals surface area contributed by atoms with Gasteiger partial charge in [-0.3, -0.25) is 14.5 Å². The molecule has 132 valence electrons. The van der Waals surface area contributed by atoms with Crippen molar-refractivity contribution in [1.29, 1.82) is 0 Å². The van der Waals surface area contributed by atoms with Gasteiger partial charge in [-0.25, -0.2) is 0 Å². The summed E-state index contributed by atoms with van der Waals surface area (Å²) in [5.74, 6) is -0.471. The summed E-state index contributed by atoms with van der Waals surface area (Å²) >= 11 is 0. The van der Waals surface area contributed by atoms with Crippen LogP contribution in [0.1, 0.15) is 13.8 Å². The van der Waals surface area contributed by atoms with Crippen molar-refractivity contribution in [3.8, 4) is 0 Å². The molecule has 0 aliphatic carbocycles. The minimum atomic E-state index is -1.12. The zero-order valence-corrected chi connectivity index (χ0v) is 14.7. The molecule has 1 aliphatic rings. The Labute approximate surface area is 143 Å². The van der Waals surface area contributed by atoms with Gasteiger partial charge in [0.2, 0.25) is 11.8 Å². The highest BCUT2D eigenvalue weighted by Crippen LogP contribution is 2.22. The van der Waals surface area contributed by atoms with Gasteiger partial charge >= 0.3 is 0 Å². The molecule has 1 saturated heterocycles. The lowest BCUT2D eigenvalue weighted by atomic mass is 9.90. The maximum atomic E-state index is 12.7. The average molecular weight is 333 g/mol. The topological polar surface area (TPSA) is 61.9 Å². The number of benzene rings is 1. The van der Waals surface area contributed by atoms with Crippen LogP contribution in [0.4, 0.5) is 5.69 Å². The number of nitrogens with zero attached hydrogens (tertiary/aromatic N) is 2. The fourth-order valence-electron chi connectivity index (χ4n) is 2.66. The Kier molecular flexibility index (Phi) is 6.34. The summed E-state index contributed by atoms with van der Waals surface area (Å²) in [4.78, 5) is 29.0. The third-order valence-corrected chi connectivity index (χ3v) is 4.37. The van der Waals surface area contributed by atoms with Crippen molar-refractivity contribution in [2.75, 3.05) is 51.3 Å². The van der Waals surface area contributed by atoms with Gasteiger partial charge in [-0.1, -0.05) is 18.2 Å². The summed E-state index contributed by atoms with van der Waals surface area (Å²) in [5, 5.41) is 2.89. The molecule has 0 atom stereocenters. The van der Waals surface area contributed by atoms with E-state index < -0.39 is 5.41 Å². The Morgan fingerprint density at radius 2 is 1.83 bits per heavy atom. The van der Waals surface area contributed by atoms with E-state index in [0.29, 0.717) is 6.54 Å². The molecule has 0 spiro atoms. The smallest absolute Gasteiger partial charge is 0.241 e. The van der Waals surface area contributed by atoms with Crippen molar-refractivity contribution in [3.05, 3.63) is 30.3 Å². The van der Waals surface area contributed by atoms with Crippen LogP contribution in [0.2, 0.25) is 0 Å². The van der Waals surface area contributed by atoms with E-state index >= 15 is 0 Å². The SMILES string of the molecule is CN(C(=O)C(C)(C)C(=O)NCCN1CCOCC1)c1ccccc1. The van der Waals surface area contributed by atoms with E-state index in [1.54, 1.807) is 20.9 Å². The van der Waals surface area contributed by atoms with Crippen molar-refractivity contribution < 1.29 is 14.3 Å². The quantitative estimate of drug-likeness (QED) is 0.793. The summed E-state index contributed by atoms with van der Waals surface area (Å²) in [7, 11) is 1.69. The average Bonchev–Trinajstić information content (AvgIpc) is 2.62. The molecule has 0 saturated carbocycles. The molecular formula is C18H27N3O3. The lowest BCUT2D eigenvalue weighted by Gasteiger charge is -2.30. The minimum Gasteiger partial charge on any atom is -0.379 e. The summed E-state index contributed by atoms with van der Waals surface area (Å²) < 4.78 is 5.30. The van der Waals surface area contributed by atoms with E-state index in [-0.39, 0.29) is 11.8 Å². The van der Waals surface area contributed by atoms with Gasteiger partial charge in [0.1, 0.15) is 5.41 Å². The van der Waals surface area contributed by atoms with E-state index in [2.05, 4.69) is 10.2 Å². The molecule has 1 aromatic rings. The number of nitrogens with one attached hydrogen (secondary N) is 1. The Morgan fingerprint density at radius 1 is 1.21 bits per heavy atom. The first kappa shape index (κ1) is 18.4. The highest BCUT2D eigenvalue weighted by molar-refractivity contribution is 6.10. The first-order valence-electron chi connectivity index (χ1n) is 8.34. The van der Waals surface area contributed by atoms with Crippen molar-refractivity contribution in [1.82, 2.24) is 10.2 Å². The number of morpholine rings is 1. The Bertz CT molecular complexity index is 554. The van der Waals surface area contributed by atoms with E-state index in [4.69, 9.17) is 4.74 Å². The van der Waals surface area contributed by atoms with Gasteiger partial charge in [-0.05, 0) is 26.0 Å². The molecule has 0 aromatic heterocycles. The summed E-state index contributed by atoms with van der Waals surface area (Å²) in [6, 6.07) is 9.34. The molecular weight excluding hydrogens is 306 g/mol. The number of ether oxygens (including phenoxy) is 1. The molecule has 0 radical (unpaired) electrons. The molecule has 0 bridgehead atoms. The van der Waals surface area contributed by atoms with Crippen LogP contribution in [-0.4, -0.2) is 63.2 Å². The van der Waals surface area contributed by atoms with E-state index in [0.717, 1.165) is 38.5 Å². The minimum absolute atomic E-state index is 0.224. The van der Waals surface area contributed by atoms with E-state index in [1.165, 1.54) is 4.90 Å². The van der Waals surface area contributed by atoms with Gasteiger partial charge in [0, 0.05) is 38.9 Å². The van der Waals surface area contributed by atoms with Gasteiger partial charge in [0.25, 0.3) is 0 Å². The molecule has 0 unspecified atom stereocenters. The molecule has 1 aromatic carbocycles. The zero-order chi connectivity index (χ0) is 17.6. The van der Waals surface area contributed by atoms with E-state index in [1.807, 2.05) is 30.3 Å².